The van der Waals surface area contributed by atoms with Crippen LogP contribution in [0.4, 0.5) is 19.1 Å². The molecule has 0 bridgehead atoms. The molecule has 0 saturated carbocycles. The van der Waals surface area contributed by atoms with Gasteiger partial charge in [-0.3, -0.25) is 14.6 Å². The molecule has 65 heavy (non-hydrogen) atoms. The second-order valence-electron chi connectivity index (χ2n) is 15.8. The van der Waals surface area contributed by atoms with Crippen molar-refractivity contribution in [1.82, 2.24) is 29.7 Å². The molecule has 1 aliphatic rings. The number of benzene rings is 3. The number of aromatic nitrogens is 4. The Morgan fingerprint density at radius 2 is 1.60 bits per heavy atom. The van der Waals surface area contributed by atoms with Gasteiger partial charge in [0.05, 0.1) is 51.7 Å². The topological polar surface area (TPSA) is 201 Å². The average molecular weight is 923 g/mol. The Kier molecular flexibility index (Phi) is 16.2. The number of halogens is 3. The predicted octanol–water partition coefficient (Wildman–Crippen LogP) is 7.29. The van der Waals surface area contributed by atoms with Gasteiger partial charge >= 0.3 is 12.1 Å². The van der Waals surface area contributed by atoms with E-state index in [0.29, 0.717) is 11.5 Å². The number of carbonyl (C=O) groups excluding carboxylic acids is 1. The minimum absolute atomic E-state index is 0.00852. The summed E-state index contributed by atoms with van der Waals surface area (Å²) >= 11 is 0. The van der Waals surface area contributed by atoms with Gasteiger partial charge in [0.2, 0.25) is 5.95 Å². The maximum atomic E-state index is 13.4. The number of hydrogen-bond donors (Lipinski definition) is 3. The number of carbonyl (C=O) groups is 1. The molecule has 0 aliphatic carbocycles. The summed E-state index contributed by atoms with van der Waals surface area (Å²) in [6.45, 7) is 7.82. The summed E-state index contributed by atoms with van der Waals surface area (Å²) in [5.41, 5.74) is 6.88. The van der Waals surface area contributed by atoms with Crippen LogP contribution < -0.4 is 26.1 Å². The van der Waals surface area contributed by atoms with Crippen LogP contribution in [0.2, 0.25) is 0 Å². The van der Waals surface area contributed by atoms with Crippen molar-refractivity contribution < 1.29 is 46.0 Å². The second kappa shape index (κ2) is 21.6. The van der Waals surface area contributed by atoms with Crippen molar-refractivity contribution in [1.29, 1.82) is 5.26 Å². The quantitative estimate of drug-likeness (QED) is 0.0377. The van der Waals surface area contributed by atoms with Gasteiger partial charge in [-0.15, -0.1) is 0 Å². The number of anilines is 1. The van der Waals surface area contributed by atoms with Gasteiger partial charge in [0.15, 0.2) is 11.9 Å². The van der Waals surface area contributed by atoms with Gasteiger partial charge in [-0.1, -0.05) is 54.6 Å². The number of H-pyrrole nitrogens is 1. The van der Waals surface area contributed by atoms with Crippen LogP contribution in [0.15, 0.2) is 83.7 Å². The van der Waals surface area contributed by atoms with Crippen LogP contribution >= 0.6 is 8.53 Å². The van der Waals surface area contributed by atoms with E-state index in [4.69, 9.17) is 38.8 Å². The Morgan fingerprint density at radius 1 is 1.00 bits per heavy atom. The zero-order chi connectivity index (χ0) is 46.9. The average Bonchev–Trinajstić information content (AvgIpc) is 3.86. The third-order valence-electron chi connectivity index (χ3n) is 10.8. The van der Waals surface area contributed by atoms with E-state index in [2.05, 4.69) is 20.7 Å². The van der Waals surface area contributed by atoms with E-state index >= 15 is 0 Å². The van der Waals surface area contributed by atoms with Crippen molar-refractivity contribution in [3.8, 4) is 17.6 Å². The number of aryl methyl sites for hydroxylation is 1. The van der Waals surface area contributed by atoms with Gasteiger partial charge in [0.1, 0.15) is 28.6 Å². The number of nitriles is 1. The molecule has 0 radical (unpaired) electrons. The molecule has 20 heteroatoms. The van der Waals surface area contributed by atoms with Crippen molar-refractivity contribution in [2.75, 3.05) is 39.7 Å². The van der Waals surface area contributed by atoms with E-state index in [1.165, 1.54) is 4.68 Å². The highest BCUT2D eigenvalue weighted by Gasteiger charge is 2.46. The van der Waals surface area contributed by atoms with Crippen LogP contribution in [0.1, 0.15) is 75.6 Å². The van der Waals surface area contributed by atoms with Gasteiger partial charge in [-0.25, -0.2) is 9.35 Å². The number of fused-ring (bicyclic) bond motifs is 1. The number of ether oxygens (including phenoxy) is 4. The van der Waals surface area contributed by atoms with Gasteiger partial charge in [-0.05, 0) is 81.5 Å². The number of amides is 1. The largest absolute Gasteiger partial charge is 0.497 e. The number of hydrogen-bond acceptors (Lipinski definition) is 13. The van der Waals surface area contributed by atoms with Gasteiger partial charge in [0, 0.05) is 25.0 Å². The monoisotopic (exact) mass is 922 g/mol. The molecule has 4 atom stereocenters. The van der Waals surface area contributed by atoms with Crippen molar-refractivity contribution in [3.63, 3.8) is 0 Å². The third kappa shape index (κ3) is 11.3. The molecule has 2 unspecified atom stereocenters. The van der Waals surface area contributed by atoms with E-state index in [-0.39, 0.29) is 80.2 Å². The lowest BCUT2D eigenvalue weighted by molar-refractivity contribution is -0.173. The number of nitrogen functional groups attached to an aromatic ring is 1. The minimum atomic E-state index is -5.04. The van der Waals surface area contributed by atoms with E-state index < -0.39 is 50.2 Å². The molecule has 4 N–H and O–H groups in total. The zero-order valence-electron chi connectivity index (χ0n) is 37.0. The highest BCUT2D eigenvalue weighted by atomic mass is 31.2. The predicted molar refractivity (Wildman–Crippen MR) is 237 cm³/mol. The van der Waals surface area contributed by atoms with E-state index in [1.807, 2.05) is 112 Å². The molecule has 2 aromatic heterocycles. The second-order valence-corrected chi connectivity index (χ2v) is 17.2. The van der Waals surface area contributed by atoms with Crippen LogP contribution in [0, 0.1) is 11.3 Å². The van der Waals surface area contributed by atoms with Crippen LogP contribution in [0.5, 0.6) is 11.5 Å². The fourth-order valence-electron chi connectivity index (χ4n) is 7.87. The van der Waals surface area contributed by atoms with Crippen molar-refractivity contribution in [2.45, 2.75) is 95.7 Å². The number of methoxy groups -OCH3 is 2. The van der Waals surface area contributed by atoms with Crippen molar-refractivity contribution in [3.05, 3.63) is 112 Å². The molecule has 1 saturated heterocycles. The number of nitrogens with zero attached hydrogens (tertiary/aromatic N) is 5. The molecular formula is C45H54F3N8O8P. The van der Waals surface area contributed by atoms with E-state index in [1.54, 1.807) is 14.2 Å². The first-order valence-corrected chi connectivity index (χ1v) is 22.2. The molecule has 5 aromatic rings. The fourth-order valence-corrected chi connectivity index (χ4v) is 9.63. The van der Waals surface area contributed by atoms with Crippen molar-refractivity contribution >= 4 is 31.4 Å². The van der Waals surface area contributed by atoms with Crippen LogP contribution in [-0.2, 0) is 35.3 Å². The van der Waals surface area contributed by atoms with Gasteiger partial charge in [-0.2, -0.15) is 28.5 Å². The van der Waals surface area contributed by atoms with Crippen molar-refractivity contribution in [2.24, 2.45) is 0 Å². The van der Waals surface area contributed by atoms with Gasteiger partial charge < -0.3 is 39.0 Å². The molecule has 3 aromatic carbocycles. The first kappa shape index (κ1) is 48.8. The minimum Gasteiger partial charge on any atom is -0.497 e. The first-order chi connectivity index (χ1) is 31.1. The Labute approximate surface area is 376 Å². The van der Waals surface area contributed by atoms with E-state index in [0.717, 1.165) is 16.7 Å². The molecular weight excluding hydrogens is 869 g/mol. The number of nitrogens with one attached hydrogen (secondary N) is 2. The molecule has 16 nitrogen and oxygen atoms in total. The Balaban J connectivity index is 1.44. The number of alkyl halides is 3. The Hall–Kier alpha value is -5.61. The highest BCUT2D eigenvalue weighted by Crippen LogP contribution is 2.51. The summed E-state index contributed by atoms with van der Waals surface area (Å²) in [5.74, 6) is -0.964. The maximum Gasteiger partial charge on any atom is 0.471 e. The van der Waals surface area contributed by atoms with E-state index in [9.17, 15) is 28.0 Å². The molecule has 1 aliphatic heterocycles. The van der Waals surface area contributed by atoms with Crippen LogP contribution in [0.3, 0.4) is 0 Å². The Morgan fingerprint density at radius 3 is 2.15 bits per heavy atom. The highest BCUT2D eigenvalue weighted by molar-refractivity contribution is 7.44. The normalized spacial score (nSPS) is 17.2. The first-order valence-electron chi connectivity index (χ1n) is 21.1. The molecule has 6 rings (SSSR count). The summed E-state index contributed by atoms with van der Waals surface area (Å²) in [5, 5.41) is 16.1. The lowest BCUT2D eigenvalue weighted by Gasteiger charge is -2.39. The lowest BCUT2D eigenvalue weighted by atomic mass is 9.80. The molecule has 0 spiro atoms. The van der Waals surface area contributed by atoms with Gasteiger partial charge in [0.25, 0.3) is 14.1 Å². The molecule has 348 valence electrons. The summed E-state index contributed by atoms with van der Waals surface area (Å²) in [6, 6.07) is 27.0. The molecule has 1 fully saturated rings. The summed E-state index contributed by atoms with van der Waals surface area (Å²) in [7, 11) is 1.38. The Bertz CT molecular complexity index is 2390. The lowest BCUT2D eigenvalue weighted by Crippen LogP contribution is -2.39. The molecule has 1 amide bonds. The summed E-state index contributed by atoms with van der Waals surface area (Å²) in [4.78, 5) is 31.8. The summed E-state index contributed by atoms with van der Waals surface area (Å²) in [6.07, 6.45) is -7.23. The third-order valence-corrected chi connectivity index (χ3v) is 12.9. The summed E-state index contributed by atoms with van der Waals surface area (Å²) < 4.78 is 80.8. The van der Waals surface area contributed by atoms with Crippen LogP contribution in [-0.4, -0.2) is 94.8 Å². The number of nitrogens with two attached hydrogens (primary N) is 1. The fraction of sp³-hybridized carbons (Fsp3) is 0.444. The number of aromatic amines is 1. The smallest absolute Gasteiger partial charge is 0.471 e. The number of rotatable bonds is 21. The SMILES string of the molecule is COc1ccc(C(OC[C@H]2O[C@@H](n3nc(CCCNC(=O)C(F)(F)F)c4c(=O)[nH]c(N)nc43)CC2OP(OCCC#N)N(C(C)C)C(C)C)(c2ccccc2)c2ccc(OC)cc2)cc1. The molecule has 3 heterocycles. The maximum absolute atomic E-state index is 13.4. The zero-order valence-corrected chi connectivity index (χ0v) is 37.9. The van der Waals surface area contributed by atoms with Crippen LogP contribution in [0.25, 0.3) is 11.0 Å². The standard InChI is InChI=1S/C45H54F3N8O8P/c1-28(2)56(29(3)4)65(62-25-11-23-49)64-36-26-38(55-40-39(41(57)53-43(50)52-40)35(54-55)14-10-24-51-42(58)45(46,47)48)63-37(36)27-61-44(30-12-8-7-9-13-30,31-15-19-33(59-5)20-16-31)32-17-21-34(60-6)22-18-32/h7-9,12-13,15-22,28-29,36-38H,10-11,14,24-27H2,1-6H3,(H,51,58)(H3,50,52,53,57)/t36?,37-,38-,65?/m1/s1.